The number of nitrogens with one attached hydrogen (secondary N) is 1. The van der Waals surface area contributed by atoms with Crippen molar-refractivity contribution in [2.24, 2.45) is 0 Å². The van der Waals surface area contributed by atoms with E-state index in [2.05, 4.69) is 10.3 Å². The highest BCUT2D eigenvalue weighted by molar-refractivity contribution is 6.30. The van der Waals surface area contributed by atoms with Crippen molar-refractivity contribution < 1.29 is 18.7 Å². The fourth-order valence-corrected chi connectivity index (χ4v) is 2.64. The molecule has 3 aromatic rings. The quantitative estimate of drug-likeness (QED) is 0.643. The molecule has 1 N–H and O–H groups in total. The van der Waals surface area contributed by atoms with E-state index in [1.807, 2.05) is 12.1 Å². The fraction of sp³-hybridized carbons (Fsp3) is 0.200. The summed E-state index contributed by atoms with van der Waals surface area (Å²) in [6, 6.07) is 12.5. The van der Waals surface area contributed by atoms with Gasteiger partial charge in [-0.25, -0.2) is 4.98 Å². The van der Waals surface area contributed by atoms with Crippen molar-refractivity contribution in [3.63, 3.8) is 0 Å². The number of ether oxygens (including phenoxy) is 2. The van der Waals surface area contributed by atoms with Crippen molar-refractivity contribution in [1.82, 2.24) is 4.98 Å². The molecule has 0 saturated heterocycles. The van der Waals surface area contributed by atoms with Crippen LogP contribution >= 0.6 is 11.6 Å². The van der Waals surface area contributed by atoms with Crippen molar-refractivity contribution in [3.05, 3.63) is 59.6 Å². The van der Waals surface area contributed by atoms with Gasteiger partial charge in [-0.15, -0.1) is 0 Å². The van der Waals surface area contributed by atoms with Crippen LogP contribution in [-0.4, -0.2) is 25.1 Å². The molecular weight excluding hydrogens is 368 g/mol. The molecule has 140 valence electrons. The zero-order valence-corrected chi connectivity index (χ0v) is 15.7. The number of hydrogen-bond donors (Lipinski definition) is 1. The van der Waals surface area contributed by atoms with Crippen molar-refractivity contribution >= 4 is 23.2 Å². The lowest BCUT2D eigenvalue weighted by molar-refractivity contribution is -0.116. The average molecular weight is 387 g/mol. The van der Waals surface area contributed by atoms with Gasteiger partial charge in [-0.1, -0.05) is 11.6 Å². The number of amides is 1. The Morgan fingerprint density at radius 2 is 1.93 bits per heavy atom. The number of rotatable bonds is 7. The molecule has 27 heavy (non-hydrogen) atoms. The van der Waals surface area contributed by atoms with Gasteiger partial charge >= 0.3 is 0 Å². The Morgan fingerprint density at radius 1 is 1.15 bits per heavy atom. The van der Waals surface area contributed by atoms with Crippen LogP contribution in [0.4, 0.5) is 5.69 Å². The number of oxazole rings is 1. The molecule has 1 aromatic heterocycles. The number of hydrogen-bond acceptors (Lipinski definition) is 5. The Hall–Kier alpha value is -2.99. The van der Waals surface area contributed by atoms with Gasteiger partial charge in [0.2, 0.25) is 5.91 Å². The first-order valence-corrected chi connectivity index (χ1v) is 8.69. The standard InChI is InChI=1S/C20H19ClN2O4/c1-25-15-7-8-17(26-2)16(11-15)23-19(24)9-10-20-22-12-18(27-20)13-3-5-14(21)6-4-13/h3-8,11-12H,9-10H2,1-2H3,(H,23,24). The van der Waals surface area contributed by atoms with Gasteiger partial charge in [0.15, 0.2) is 11.7 Å². The van der Waals surface area contributed by atoms with Gasteiger partial charge < -0.3 is 19.2 Å². The number of halogens is 1. The van der Waals surface area contributed by atoms with Crippen molar-refractivity contribution in [2.75, 3.05) is 19.5 Å². The Kier molecular flexibility index (Phi) is 5.98. The lowest BCUT2D eigenvalue weighted by Crippen LogP contribution is -2.13. The highest BCUT2D eigenvalue weighted by Gasteiger charge is 2.12. The van der Waals surface area contributed by atoms with E-state index < -0.39 is 0 Å². The molecule has 0 atom stereocenters. The number of methoxy groups -OCH3 is 2. The molecule has 1 amide bonds. The summed E-state index contributed by atoms with van der Waals surface area (Å²) in [6.07, 6.45) is 2.24. The third-order valence-corrected chi connectivity index (χ3v) is 4.18. The highest BCUT2D eigenvalue weighted by atomic mass is 35.5. The summed E-state index contributed by atoms with van der Waals surface area (Å²) in [4.78, 5) is 16.5. The minimum absolute atomic E-state index is 0.173. The molecule has 6 nitrogen and oxygen atoms in total. The third kappa shape index (κ3) is 4.80. The third-order valence-electron chi connectivity index (χ3n) is 3.93. The fourth-order valence-electron chi connectivity index (χ4n) is 2.52. The van der Waals surface area contributed by atoms with Gasteiger partial charge in [0, 0.05) is 29.5 Å². The van der Waals surface area contributed by atoms with Crippen LogP contribution in [0, 0.1) is 0 Å². The highest BCUT2D eigenvalue weighted by Crippen LogP contribution is 2.29. The molecule has 0 aliphatic carbocycles. The Labute approximate surface area is 162 Å². The maximum atomic E-state index is 12.3. The molecule has 0 radical (unpaired) electrons. The first-order chi connectivity index (χ1) is 13.1. The lowest BCUT2D eigenvalue weighted by Gasteiger charge is -2.11. The summed E-state index contributed by atoms with van der Waals surface area (Å²) < 4.78 is 16.1. The molecule has 1 heterocycles. The van der Waals surface area contributed by atoms with Gasteiger partial charge in [-0.05, 0) is 36.4 Å². The number of carbonyl (C=O) groups excluding carboxylic acids is 1. The van der Waals surface area contributed by atoms with E-state index >= 15 is 0 Å². The zero-order chi connectivity index (χ0) is 19.2. The van der Waals surface area contributed by atoms with Crippen LogP contribution in [0.15, 0.2) is 53.1 Å². The van der Waals surface area contributed by atoms with E-state index in [1.54, 1.807) is 50.7 Å². The molecule has 7 heteroatoms. The molecular formula is C20H19ClN2O4. The minimum Gasteiger partial charge on any atom is -0.497 e. The van der Waals surface area contributed by atoms with Crippen LogP contribution in [0.2, 0.25) is 5.02 Å². The number of aromatic nitrogens is 1. The predicted octanol–water partition coefficient (Wildman–Crippen LogP) is 4.58. The Balaban J connectivity index is 1.61. The van der Waals surface area contributed by atoms with Crippen LogP contribution in [0.5, 0.6) is 11.5 Å². The number of aryl methyl sites for hydroxylation is 1. The second-order valence-electron chi connectivity index (χ2n) is 5.74. The topological polar surface area (TPSA) is 73.6 Å². The molecule has 0 spiro atoms. The largest absolute Gasteiger partial charge is 0.497 e. The van der Waals surface area contributed by atoms with E-state index in [0.29, 0.717) is 40.3 Å². The Morgan fingerprint density at radius 3 is 2.63 bits per heavy atom. The van der Waals surface area contributed by atoms with Gasteiger partial charge in [0.25, 0.3) is 0 Å². The molecule has 0 saturated carbocycles. The number of anilines is 1. The second kappa shape index (κ2) is 8.60. The maximum Gasteiger partial charge on any atom is 0.224 e. The second-order valence-corrected chi connectivity index (χ2v) is 6.18. The summed E-state index contributed by atoms with van der Waals surface area (Å²) in [5.41, 5.74) is 1.43. The average Bonchev–Trinajstić information content (AvgIpc) is 3.16. The molecule has 0 aliphatic rings. The van der Waals surface area contributed by atoms with Crippen molar-refractivity contribution in [2.45, 2.75) is 12.8 Å². The number of benzene rings is 2. The van der Waals surface area contributed by atoms with E-state index in [4.69, 9.17) is 25.5 Å². The Bertz CT molecular complexity index is 922. The van der Waals surface area contributed by atoms with Crippen LogP contribution < -0.4 is 14.8 Å². The number of carbonyl (C=O) groups is 1. The monoisotopic (exact) mass is 386 g/mol. The van der Waals surface area contributed by atoms with Crippen LogP contribution in [0.1, 0.15) is 12.3 Å². The molecule has 0 bridgehead atoms. The zero-order valence-electron chi connectivity index (χ0n) is 15.0. The minimum atomic E-state index is -0.173. The normalized spacial score (nSPS) is 10.5. The summed E-state index contributed by atoms with van der Waals surface area (Å²) in [7, 11) is 3.11. The van der Waals surface area contributed by atoms with Gasteiger partial charge in [0.05, 0.1) is 26.1 Å². The smallest absolute Gasteiger partial charge is 0.224 e. The SMILES string of the molecule is COc1ccc(OC)c(NC(=O)CCc2ncc(-c3ccc(Cl)cc3)o2)c1. The van der Waals surface area contributed by atoms with Crippen molar-refractivity contribution in [3.8, 4) is 22.8 Å². The summed E-state index contributed by atoms with van der Waals surface area (Å²) >= 11 is 5.89. The maximum absolute atomic E-state index is 12.3. The molecule has 0 unspecified atom stereocenters. The first kappa shape index (κ1) is 18.8. The summed E-state index contributed by atoms with van der Waals surface area (Å²) in [5.74, 6) is 2.15. The summed E-state index contributed by atoms with van der Waals surface area (Å²) in [5, 5.41) is 3.48. The van der Waals surface area contributed by atoms with Crippen LogP contribution in [-0.2, 0) is 11.2 Å². The van der Waals surface area contributed by atoms with Gasteiger partial charge in [0.1, 0.15) is 11.5 Å². The van der Waals surface area contributed by atoms with Gasteiger partial charge in [-0.3, -0.25) is 4.79 Å². The van der Waals surface area contributed by atoms with E-state index in [1.165, 1.54) is 0 Å². The van der Waals surface area contributed by atoms with E-state index in [-0.39, 0.29) is 12.3 Å². The molecule has 2 aromatic carbocycles. The molecule has 3 rings (SSSR count). The number of nitrogens with zero attached hydrogens (tertiary/aromatic N) is 1. The first-order valence-electron chi connectivity index (χ1n) is 8.31. The van der Waals surface area contributed by atoms with E-state index in [9.17, 15) is 4.79 Å². The predicted molar refractivity (Wildman–Crippen MR) is 103 cm³/mol. The molecule has 0 fully saturated rings. The van der Waals surface area contributed by atoms with Crippen molar-refractivity contribution in [1.29, 1.82) is 0 Å². The van der Waals surface area contributed by atoms with Gasteiger partial charge in [-0.2, -0.15) is 0 Å². The lowest BCUT2D eigenvalue weighted by atomic mass is 10.2. The van der Waals surface area contributed by atoms with Crippen LogP contribution in [0.25, 0.3) is 11.3 Å². The van der Waals surface area contributed by atoms with Crippen LogP contribution in [0.3, 0.4) is 0 Å². The summed E-state index contributed by atoms with van der Waals surface area (Å²) in [6.45, 7) is 0. The van der Waals surface area contributed by atoms with E-state index in [0.717, 1.165) is 5.56 Å². The molecule has 0 aliphatic heterocycles.